The standard InChI is InChI=1S/C13H21N3O/c1-10(14-2)11-5-6-15-13(8-11)16-7-3-4-12(16)9-17/h5-6,8,10,12,14,17H,3-4,7,9H2,1-2H3. The van der Waals surface area contributed by atoms with Crippen LogP contribution in [-0.2, 0) is 0 Å². The topological polar surface area (TPSA) is 48.4 Å². The van der Waals surface area contributed by atoms with E-state index in [4.69, 9.17) is 0 Å². The van der Waals surface area contributed by atoms with Crippen LogP contribution >= 0.6 is 0 Å². The molecule has 2 atom stereocenters. The summed E-state index contributed by atoms with van der Waals surface area (Å²) in [5.41, 5.74) is 1.24. The predicted octanol–water partition coefficient (Wildman–Crippen LogP) is 1.32. The number of pyridine rings is 1. The summed E-state index contributed by atoms with van der Waals surface area (Å²) in [6, 6.07) is 4.72. The zero-order chi connectivity index (χ0) is 12.3. The molecule has 1 aromatic rings. The Morgan fingerprint density at radius 3 is 3.18 bits per heavy atom. The van der Waals surface area contributed by atoms with Crippen LogP contribution in [0, 0.1) is 0 Å². The minimum Gasteiger partial charge on any atom is -0.394 e. The van der Waals surface area contributed by atoms with Gasteiger partial charge in [0.25, 0.3) is 0 Å². The van der Waals surface area contributed by atoms with E-state index in [9.17, 15) is 5.11 Å². The maximum absolute atomic E-state index is 9.34. The first-order valence-electron chi connectivity index (χ1n) is 6.27. The van der Waals surface area contributed by atoms with Gasteiger partial charge in [-0.3, -0.25) is 0 Å². The Morgan fingerprint density at radius 2 is 2.47 bits per heavy atom. The highest BCUT2D eigenvalue weighted by molar-refractivity contribution is 5.44. The van der Waals surface area contributed by atoms with E-state index in [1.54, 1.807) is 0 Å². The van der Waals surface area contributed by atoms with Crippen LogP contribution < -0.4 is 10.2 Å². The molecule has 0 saturated carbocycles. The van der Waals surface area contributed by atoms with E-state index in [2.05, 4.69) is 28.2 Å². The molecule has 2 heterocycles. The van der Waals surface area contributed by atoms with Crippen LogP contribution in [0.25, 0.3) is 0 Å². The third-order valence-electron chi connectivity index (χ3n) is 3.58. The van der Waals surface area contributed by atoms with E-state index in [0.717, 1.165) is 25.2 Å². The number of hydrogen-bond acceptors (Lipinski definition) is 4. The Balaban J connectivity index is 2.20. The molecule has 1 aliphatic rings. The highest BCUT2D eigenvalue weighted by Gasteiger charge is 2.25. The summed E-state index contributed by atoms with van der Waals surface area (Å²) in [5, 5.41) is 12.6. The number of aliphatic hydroxyl groups is 1. The molecule has 1 saturated heterocycles. The van der Waals surface area contributed by atoms with Crippen molar-refractivity contribution in [3.8, 4) is 0 Å². The van der Waals surface area contributed by atoms with Crippen molar-refractivity contribution in [3.63, 3.8) is 0 Å². The first-order valence-corrected chi connectivity index (χ1v) is 6.27. The molecule has 0 bridgehead atoms. The van der Waals surface area contributed by atoms with Crippen molar-refractivity contribution in [1.82, 2.24) is 10.3 Å². The van der Waals surface area contributed by atoms with Crippen LogP contribution in [0.5, 0.6) is 0 Å². The molecule has 1 aliphatic heterocycles. The van der Waals surface area contributed by atoms with Gasteiger partial charge in [-0.1, -0.05) is 0 Å². The normalized spacial score (nSPS) is 21.8. The maximum Gasteiger partial charge on any atom is 0.129 e. The van der Waals surface area contributed by atoms with Crippen molar-refractivity contribution in [2.45, 2.75) is 31.8 Å². The lowest BCUT2D eigenvalue weighted by molar-refractivity contribution is 0.266. The van der Waals surface area contributed by atoms with E-state index in [-0.39, 0.29) is 12.6 Å². The molecular weight excluding hydrogens is 214 g/mol. The molecule has 0 aromatic carbocycles. The van der Waals surface area contributed by atoms with Crippen molar-refractivity contribution < 1.29 is 5.11 Å². The van der Waals surface area contributed by atoms with Crippen LogP contribution in [0.1, 0.15) is 31.4 Å². The smallest absolute Gasteiger partial charge is 0.129 e. The molecule has 0 amide bonds. The number of nitrogens with one attached hydrogen (secondary N) is 1. The van der Waals surface area contributed by atoms with Gasteiger partial charge in [0.1, 0.15) is 5.82 Å². The van der Waals surface area contributed by atoms with Gasteiger partial charge in [0.2, 0.25) is 0 Å². The lowest BCUT2D eigenvalue weighted by atomic mass is 10.1. The molecule has 2 unspecified atom stereocenters. The van der Waals surface area contributed by atoms with Crippen LogP contribution in [-0.4, -0.2) is 36.3 Å². The largest absolute Gasteiger partial charge is 0.394 e. The molecule has 0 radical (unpaired) electrons. The maximum atomic E-state index is 9.34. The Kier molecular flexibility index (Phi) is 3.97. The second kappa shape index (κ2) is 5.47. The van der Waals surface area contributed by atoms with E-state index < -0.39 is 0 Å². The van der Waals surface area contributed by atoms with Gasteiger partial charge in [-0.25, -0.2) is 4.98 Å². The Bertz CT molecular complexity index is 369. The third kappa shape index (κ3) is 2.58. The predicted molar refractivity (Wildman–Crippen MR) is 69.2 cm³/mol. The zero-order valence-corrected chi connectivity index (χ0v) is 10.6. The Labute approximate surface area is 103 Å². The highest BCUT2D eigenvalue weighted by Crippen LogP contribution is 2.25. The van der Waals surface area contributed by atoms with Gasteiger partial charge in [-0.15, -0.1) is 0 Å². The molecule has 2 rings (SSSR count). The first kappa shape index (κ1) is 12.3. The van der Waals surface area contributed by atoms with Gasteiger partial charge in [0.15, 0.2) is 0 Å². The monoisotopic (exact) mass is 235 g/mol. The van der Waals surface area contributed by atoms with Crippen LogP contribution in [0.15, 0.2) is 18.3 Å². The van der Waals surface area contributed by atoms with Crippen molar-refractivity contribution in [3.05, 3.63) is 23.9 Å². The fourth-order valence-corrected chi connectivity index (χ4v) is 2.35. The summed E-state index contributed by atoms with van der Waals surface area (Å²) in [6.45, 7) is 3.34. The fraction of sp³-hybridized carbons (Fsp3) is 0.615. The van der Waals surface area contributed by atoms with Crippen LogP contribution in [0.3, 0.4) is 0 Å². The number of rotatable bonds is 4. The summed E-state index contributed by atoms with van der Waals surface area (Å²) in [6.07, 6.45) is 4.05. The van der Waals surface area contributed by atoms with Crippen LogP contribution in [0.4, 0.5) is 5.82 Å². The molecule has 17 heavy (non-hydrogen) atoms. The first-order chi connectivity index (χ1) is 8.26. The molecule has 94 valence electrons. The number of nitrogens with zero attached hydrogens (tertiary/aromatic N) is 2. The Morgan fingerprint density at radius 1 is 1.65 bits per heavy atom. The number of hydrogen-bond donors (Lipinski definition) is 2. The van der Waals surface area contributed by atoms with Crippen molar-refractivity contribution in [2.75, 3.05) is 25.1 Å². The van der Waals surface area contributed by atoms with Gasteiger partial charge in [0, 0.05) is 18.8 Å². The lowest BCUT2D eigenvalue weighted by Crippen LogP contribution is -2.32. The SMILES string of the molecule is CNC(C)c1ccnc(N2CCCC2CO)c1. The van der Waals surface area contributed by atoms with Crippen LogP contribution in [0.2, 0.25) is 0 Å². The molecule has 0 spiro atoms. The molecule has 4 heteroatoms. The minimum absolute atomic E-state index is 0.216. The van der Waals surface area contributed by atoms with Crippen molar-refractivity contribution in [1.29, 1.82) is 0 Å². The van der Waals surface area contributed by atoms with E-state index >= 15 is 0 Å². The van der Waals surface area contributed by atoms with Crippen molar-refractivity contribution >= 4 is 5.82 Å². The lowest BCUT2D eigenvalue weighted by Gasteiger charge is -2.25. The highest BCUT2D eigenvalue weighted by atomic mass is 16.3. The number of anilines is 1. The average molecular weight is 235 g/mol. The van der Waals surface area contributed by atoms with E-state index in [1.165, 1.54) is 5.56 Å². The van der Waals surface area contributed by atoms with Gasteiger partial charge < -0.3 is 15.3 Å². The van der Waals surface area contributed by atoms with Gasteiger partial charge in [0.05, 0.1) is 12.6 Å². The van der Waals surface area contributed by atoms with Gasteiger partial charge in [-0.05, 0) is 44.5 Å². The summed E-state index contributed by atoms with van der Waals surface area (Å²) in [4.78, 5) is 6.64. The number of aliphatic hydroxyl groups excluding tert-OH is 1. The van der Waals surface area contributed by atoms with Crippen molar-refractivity contribution in [2.24, 2.45) is 0 Å². The third-order valence-corrected chi connectivity index (χ3v) is 3.58. The van der Waals surface area contributed by atoms with E-state index in [1.807, 2.05) is 19.3 Å². The molecular formula is C13H21N3O. The molecule has 4 nitrogen and oxygen atoms in total. The fourth-order valence-electron chi connectivity index (χ4n) is 2.35. The van der Waals surface area contributed by atoms with Gasteiger partial charge in [-0.2, -0.15) is 0 Å². The molecule has 2 N–H and O–H groups in total. The second-order valence-electron chi connectivity index (χ2n) is 4.63. The summed E-state index contributed by atoms with van der Waals surface area (Å²) >= 11 is 0. The summed E-state index contributed by atoms with van der Waals surface area (Å²) in [7, 11) is 1.96. The molecule has 0 aliphatic carbocycles. The minimum atomic E-state index is 0.216. The van der Waals surface area contributed by atoms with E-state index in [0.29, 0.717) is 6.04 Å². The average Bonchev–Trinajstić information content (AvgIpc) is 2.86. The summed E-state index contributed by atoms with van der Waals surface area (Å²) < 4.78 is 0. The summed E-state index contributed by atoms with van der Waals surface area (Å²) in [5.74, 6) is 0.987. The quantitative estimate of drug-likeness (QED) is 0.826. The second-order valence-corrected chi connectivity index (χ2v) is 4.63. The molecule has 1 fully saturated rings. The van der Waals surface area contributed by atoms with Gasteiger partial charge >= 0.3 is 0 Å². The zero-order valence-electron chi connectivity index (χ0n) is 10.6. The Hall–Kier alpha value is -1.13. The number of aromatic nitrogens is 1. The molecule has 1 aromatic heterocycles.